The van der Waals surface area contributed by atoms with Crippen LogP contribution in [0.3, 0.4) is 0 Å². The molecule has 0 atom stereocenters. The van der Waals surface area contributed by atoms with Crippen LogP contribution in [0.4, 0.5) is 0 Å². The smallest absolute Gasteiger partial charge is 0.00268 e. The molecular weight excluding hydrogens is 1800 g/mol. The maximum atomic E-state index is 2.27. The zero-order chi connectivity index (χ0) is 115. The van der Waals surface area contributed by atoms with E-state index < -0.39 is 0 Å². The van der Waals surface area contributed by atoms with E-state index in [4.69, 9.17) is 0 Å². The second-order valence-corrected chi connectivity index (χ2v) is 43.9. The van der Waals surface area contributed by atoms with Gasteiger partial charge < -0.3 is 0 Å². The third-order valence-electron chi connectivity index (χ3n) is 17.5. The Hall–Kier alpha value is -11.7. The first-order chi connectivity index (χ1) is 71.4. The van der Waals surface area contributed by atoms with E-state index in [1.165, 1.54) is 151 Å². The van der Waals surface area contributed by atoms with Crippen molar-refractivity contribution in [2.45, 2.75) is 332 Å². The topological polar surface area (TPSA) is 0 Å². The highest BCUT2D eigenvalue weighted by molar-refractivity contribution is 6.23. The summed E-state index contributed by atoms with van der Waals surface area (Å²) in [5, 5.41) is 37.1. The highest BCUT2D eigenvalue weighted by Crippen LogP contribution is 2.36. The molecule has 0 aliphatic carbocycles. The van der Waals surface area contributed by atoms with E-state index in [0.717, 1.165) is 71.0 Å². The summed E-state index contributed by atoms with van der Waals surface area (Å²) in [6.45, 7) is 102. The van der Waals surface area contributed by atoms with E-state index in [1.54, 1.807) is 0 Å². The van der Waals surface area contributed by atoms with Gasteiger partial charge in [0.15, 0.2) is 0 Å². The summed E-state index contributed by atoms with van der Waals surface area (Å²) in [4.78, 5) is 0. The molecule has 0 saturated heterocycles. The highest BCUT2D eigenvalue weighted by atomic mass is 14.1. The van der Waals surface area contributed by atoms with Gasteiger partial charge in [0.25, 0.3) is 0 Å². The molecule has 20 aromatic carbocycles. The Labute approximate surface area is 923 Å². The molecule has 150 heavy (non-hydrogen) atoms. The summed E-state index contributed by atoms with van der Waals surface area (Å²) in [6.07, 6.45) is 0. The van der Waals surface area contributed by atoms with E-state index in [1.807, 2.05) is 83.1 Å². The lowest BCUT2D eigenvalue weighted by Gasteiger charge is -2.09. The van der Waals surface area contributed by atoms with Gasteiger partial charge >= 0.3 is 0 Å². The van der Waals surface area contributed by atoms with Crippen molar-refractivity contribution < 1.29 is 0 Å². The maximum Gasteiger partial charge on any atom is -0.00268 e. The number of fused-ring (bicyclic) bond motifs is 14. The van der Waals surface area contributed by atoms with Gasteiger partial charge in [0, 0.05) is 0 Å². The van der Waals surface area contributed by atoms with E-state index in [0.29, 0.717) is 0 Å². The van der Waals surface area contributed by atoms with Crippen LogP contribution in [0.2, 0.25) is 0 Å². The molecule has 0 N–H and O–H groups in total. The minimum Gasteiger partial charge on any atom is -0.0683 e. The molecule has 0 heterocycles. The van der Waals surface area contributed by atoms with E-state index >= 15 is 0 Å². The SMILES string of the molecule is CC.CC.CC.CC.CC.CC.CC(C)C.CC(C)C.CC(C)C.CC(C)C.CC(C)C.CC(C)C.CC(C)C.CC(C)C.CC(C)C.CC(C)C.CC(C)C.CC(C)C.c1cc2ccc3cccc4ccc(c1)c2c34.c1ccc2c(c1)ccc1c3ccccc3ccc21.c1ccc2c(c1)ccc1ccccc12.c1ccc2cc3cc4ccccc4cc3cc2c1.c1ccc2cc3ccccc3cc2c1.c1ccc2ccccc2c1. The van der Waals surface area contributed by atoms with Crippen molar-refractivity contribution >= 4 is 151 Å². The number of hydrogen-bond donors (Lipinski definition) is 0. The first-order valence-electron chi connectivity index (χ1n) is 57.8. The molecule has 0 spiro atoms. The van der Waals surface area contributed by atoms with Gasteiger partial charge in [0.2, 0.25) is 0 Å². The summed E-state index contributed by atoms with van der Waals surface area (Å²) >= 11 is 0. The summed E-state index contributed by atoms with van der Waals surface area (Å²) in [5.41, 5.74) is 0. The van der Waals surface area contributed by atoms with Crippen molar-refractivity contribution in [2.75, 3.05) is 0 Å². The van der Waals surface area contributed by atoms with Crippen LogP contribution in [-0.4, -0.2) is 0 Å². The van der Waals surface area contributed by atoms with E-state index in [-0.39, 0.29) is 0 Å². The molecule has 0 unspecified atom stereocenters. The van der Waals surface area contributed by atoms with Crippen LogP contribution in [0.5, 0.6) is 0 Å². The van der Waals surface area contributed by atoms with Crippen LogP contribution >= 0.6 is 0 Å². The maximum absolute atomic E-state index is 2.27. The standard InChI is InChI=1S/2C18H12.C16H10.2C14H10.C10H8.12C4H10.6C2H6/c1-3-7-15-13(5-1)9-11-18-16-8-4-2-6-14(16)10-12-17(15)18;1-2-6-14-10-18-12-16-8-4-3-7-15(16)11-17(18)9-13(14)5-1;1-3-11-7-9-13-5-2-6-14-10-8-12(4-1)15(11)16(13)14;1-3-7-13-11(5-1)9-10-12-6-2-4-8-14(12)13;1-2-6-12-10-14-8-4-3-7-13(14)9-11(12)5-1;1-2-6-10-8-4-3-7-9(10)5-1;12*1-4(2)3;6*1-2/h2*1-12H;1-10H;2*1-10H;1-8H;12*4H,1-3H3;6*1-2H3. The normalized spacial score (nSPS) is 9.79. The Balaban J connectivity index is -0.000000774. The summed E-state index contributed by atoms with van der Waals surface area (Å²) in [7, 11) is 0. The highest BCUT2D eigenvalue weighted by Gasteiger charge is 2.09. The molecule has 0 heteroatoms. The predicted octanol–water partition coefficient (Wildman–Crippen LogP) is 51.8. The number of benzene rings is 20. The number of rotatable bonds is 0. The first kappa shape index (κ1) is 145. The van der Waals surface area contributed by atoms with E-state index in [2.05, 4.69) is 625 Å². The minimum absolute atomic E-state index is 0.833. The second kappa shape index (κ2) is 87.9. The summed E-state index contributed by atoms with van der Waals surface area (Å²) < 4.78 is 0. The van der Waals surface area contributed by atoms with Gasteiger partial charge in [-0.1, -0.05) is 672 Å². The Morgan fingerprint density at radius 2 is 0.187 bits per heavy atom. The van der Waals surface area contributed by atoms with Gasteiger partial charge in [0.1, 0.15) is 0 Å². The molecule has 0 nitrogen and oxygen atoms in total. The average Bonchev–Trinajstić information content (AvgIpc) is 0.741. The van der Waals surface area contributed by atoms with Gasteiger partial charge in [-0.2, -0.15) is 0 Å². The van der Waals surface area contributed by atoms with Crippen molar-refractivity contribution in [1.29, 1.82) is 0 Å². The third-order valence-corrected chi connectivity index (χ3v) is 17.5. The van der Waals surface area contributed by atoms with Gasteiger partial charge in [-0.25, -0.2) is 0 Å². The van der Waals surface area contributed by atoms with Crippen LogP contribution in [0.15, 0.2) is 376 Å². The fourth-order valence-electron chi connectivity index (χ4n) is 13.0. The average molecular weight is 2020 g/mol. The zero-order valence-electron chi connectivity index (χ0n) is 105. The lowest BCUT2D eigenvalue weighted by molar-refractivity contribution is 0.736. The molecule has 0 aliphatic heterocycles. The van der Waals surface area contributed by atoms with Gasteiger partial charge in [-0.15, -0.1) is 0 Å². The lowest BCUT2D eigenvalue weighted by Crippen LogP contribution is -1.82. The molecular formula is C150H218. The Kier molecular flexibility index (Phi) is 84.8. The van der Waals surface area contributed by atoms with Crippen LogP contribution in [0.25, 0.3) is 151 Å². The molecule has 0 saturated carbocycles. The molecule has 20 aromatic rings. The fourth-order valence-corrected chi connectivity index (χ4v) is 13.0. The van der Waals surface area contributed by atoms with Crippen molar-refractivity contribution in [2.24, 2.45) is 71.0 Å². The predicted molar refractivity (Wildman–Crippen MR) is 709 cm³/mol. The van der Waals surface area contributed by atoms with Crippen LogP contribution in [0, 0.1) is 71.0 Å². The van der Waals surface area contributed by atoms with E-state index in [9.17, 15) is 0 Å². The zero-order valence-corrected chi connectivity index (χ0v) is 105. The quantitative estimate of drug-likeness (QED) is 0.105. The molecule has 0 bridgehead atoms. The molecule has 20 rings (SSSR count). The third kappa shape index (κ3) is 65.4. The molecule has 818 valence electrons. The Morgan fingerprint density at radius 1 is 0.0867 bits per heavy atom. The van der Waals surface area contributed by atoms with Gasteiger partial charge in [0.05, 0.1) is 0 Å². The molecule has 0 amide bonds. The van der Waals surface area contributed by atoms with Crippen LogP contribution in [0.1, 0.15) is 332 Å². The van der Waals surface area contributed by atoms with Crippen molar-refractivity contribution in [3.63, 3.8) is 0 Å². The molecule has 0 aromatic heterocycles. The minimum atomic E-state index is 0.833. The Morgan fingerprint density at radius 3 is 0.340 bits per heavy atom. The van der Waals surface area contributed by atoms with Gasteiger partial charge in [-0.3, -0.25) is 0 Å². The molecule has 0 radical (unpaired) electrons. The summed E-state index contributed by atoms with van der Waals surface area (Å²) in [6, 6.07) is 134. The first-order valence-corrected chi connectivity index (χ1v) is 57.8. The fraction of sp³-hybridized carbons (Fsp3) is 0.400. The van der Waals surface area contributed by atoms with Crippen molar-refractivity contribution in [1.82, 2.24) is 0 Å². The summed E-state index contributed by atoms with van der Waals surface area (Å²) in [5.74, 6) is 10.0. The van der Waals surface area contributed by atoms with Crippen LogP contribution < -0.4 is 0 Å². The largest absolute Gasteiger partial charge is 0.0683 e. The van der Waals surface area contributed by atoms with Crippen molar-refractivity contribution in [3.05, 3.63) is 376 Å². The van der Waals surface area contributed by atoms with Crippen LogP contribution in [-0.2, 0) is 0 Å². The van der Waals surface area contributed by atoms with Crippen molar-refractivity contribution in [3.8, 4) is 0 Å². The molecule has 0 aliphatic rings. The molecule has 0 fully saturated rings. The lowest BCUT2D eigenvalue weighted by atomic mass is 9.95. The Bertz CT molecular complexity index is 5860. The monoisotopic (exact) mass is 2020 g/mol. The second-order valence-electron chi connectivity index (χ2n) is 43.9. The van der Waals surface area contributed by atoms with Gasteiger partial charge in [-0.05, 0) is 258 Å². The number of hydrogen-bond acceptors (Lipinski definition) is 0.